The Balaban J connectivity index is 2.83. The molecule has 1 heteroatoms. The lowest BCUT2D eigenvalue weighted by atomic mass is 9.74. The van der Waals surface area contributed by atoms with E-state index in [1.54, 1.807) is 0 Å². The lowest BCUT2D eigenvalue weighted by molar-refractivity contribution is 0.298. The SMILES string of the molecule is CC(C)C1(C)C=C(Cl)C=CC1. The summed E-state index contributed by atoms with van der Waals surface area (Å²) >= 11 is 5.92. The topological polar surface area (TPSA) is 0 Å². The molecule has 1 unspecified atom stereocenters. The number of allylic oxidation sites excluding steroid dienone is 4. The van der Waals surface area contributed by atoms with Gasteiger partial charge in [0.05, 0.1) is 0 Å². The zero-order chi connectivity index (χ0) is 8.48. The number of hydrogen-bond donors (Lipinski definition) is 0. The Kier molecular flexibility index (Phi) is 2.43. The minimum Gasteiger partial charge on any atom is -0.0847 e. The molecule has 0 radical (unpaired) electrons. The van der Waals surface area contributed by atoms with Gasteiger partial charge in [0.2, 0.25) is 0 Å². The summed E-state index contributed by atoms with van der Waals surface area (Å²) in [6.07, 6.45) is 7.41. The van der Waals surface area contributed by atoms with Gasteiger partial charge in [0, 0.05) is 5.03 Å². The molecule has 0 aliphatic heterocycles. The van der Waals surface area contributed by atoms with Gasteiger partial charge in [-0.2, -0.15) is 0 Å². The molecular weight excluding hydrogens is 156 g/mol. The van der Waals surface area contributed by atoms with Crippen LogP contribution in [0.2, 0.25) is 0 Å². The van der Waals surface area contributed by atoms with Crippen LogP contribution in [-0.4, -0.2) is 0 Å². The lowest BCUT2D eigenvalue weighted by Crippen LogP contribution is -2.21. The third-order valence-corrected chi connectivity index (χ3v) is 2.86. The van der Waals surface area contributed by atoms with Gasteiger partial charge >= 0.3 is 0 Å². The highest BCUT2D eigenvalue weighted by Crippen LogP contribution is 2.37. The van der Waals surface area contributed by atoms with Gasteiger partial charge in [0.1, 0.15) is 0 Å². The molecule has 0 nitrogen and oxygen atoms in total. The Morgan fingerprint density at radius 2 is 2.18 bits per heavy atom. The first-order chi connectivity index (χ1) is 5.04. The van der Waals surface area contributed by atoms with Gasteiger partial charge < -0.3 is 0 Å². The van der Waals surface area contributed by atoms with Gasteiger partial charge in [-0.3, -0.25) is 0 Å². The van der Waals surface area contributed by atoms with Crippen LogP contribution in [0.25, 0.3) is 0 Å². The number of halogens is 1. The van der Waals surface area contributed by atoms with Crippen LogP contribution in [0.15, 0.2) is 23.3 Å². The predicted octanol–water partition coefficient (Wildman–Crippen LogP) is 3.73. The molecule has 1 aliphatic carbocycles. The zero-order valence-corrected chi connectivity index (χ0v) is 8.15. The molecule has 1 aliphatic rings. The molecule has 0 aromatic rings. The van der Waals surface area contributed by atoms with Crippen molar-refractivity contribution in [3.8, 4) is 0 Å². The van der Waals surface area contributed by atoms with Crippen molar-refractivity contribution in [1.82, 2.24) is 0 Å². The van der Waals surface area contributed by atoms with E-state index in [9.17, 15) is 0 Å². The lowest BCUT2D eigenvalue weighted by Gasteiger charge is -2.31. The van der Waals surface area contributed by atoms with Crippen LogP contribution >= 0.6 is 11.6 Å². The molecule has 62 valence electrons. The van der Waals surface area contributed by atoms with Crippen molar-refractivity contribution in [1.29, 1.82) is 0 Å². The van der Waals surface area contributed by atoms with E-state index >= 15 is 0 Å². The van der Waals surface area contributed by atoms with Crippen molar-refractivity contribution < 1.29 is 0 Å². The summed E-state index contributed by atoms with van der Waals surface area (Å²) < 4.78 is 0. The Morgan fingerprint density at radius 3 is 2.55 bits per heavy atom. The molecule has 0 amide bonds. The Morgan fingerprint density at radius 1 is 1.55 bits per heavy atom. The minimum atomic E-state index is 0.270. The van der Waals surface area contributed by atoms with E-state index in [4.69, 9.17) is 11.6 Å². The molecule has 0 saturated heterocycles. The highest BCUT2D eigenvalue weighted by Gasteiger charge is 2.26. The second-order valence-corrected chi connectivity index (χ2v) is 4.23. The summed E-state index contributed by atoms with van der Waals surface area (Å²) in [5, 5.41) is 0.882. The normalized spacial score (nSPS) is 30.8. The van der Waals surface area contributed by atoms with E-state index in [1.807, 2.05) is 6.08 Å². The zero-order valence-electron chi connectivity index (χ0n) is 7.39. The molecule has 1 rings (SSSR count). The summed E-state index contributed by atoms with van der Waals surface area (Å²) in [6, 6.07) is 0. The number of rotatable bonds is 1. The Labute approximate surface area is 73.9 Å². The summed E-state index contributed by atoms with van der Waals surface area (Å²) in [7, 11) is 0. The third kappa shape index (κ3) is 1.87. The fraction of sp³-hybridized carbons (Fsp3) is 0.600. The summed E-state index contributed by atoms with van der Waals surface area (Å²) in [6.45, 7) is 6.73. The summed E-state index contributed by atoms with van der Waals surface area (Å²) in [4.78, 5) is 0. The fourth-order valence-corrected chi connectivity index (χ4v) is 1.59. The van der Waals surface area contributed by atoms with Crippen LogP contribution < -0.4 is 0 Å². The second-order valence-electron chi connectivity index (χ2n) is 3.80. The molecule has 0 N–H and O–H groups in total. The minimum absolute atomic E-state index is 0.270. The summed E-state index contributed by atoms with van der Waals surface area (Å²) in [5.41, 5.74) is 0.270. The van der Waals surface area contributed by atoms with Gasteiger partial charge in [-0.1, -0.05) is 44.5 Å². The van der Waals surface area contributed by atoms with E-state index in [0.29, 0.717) is 5.92 Å². The molecule has 0 heterocycles. The largest absolute Gasteiger partial charge is 0.0847 e. The maximum atomic E-state index is 5.92. The quantitative estimate of drug-likeness (QED) is 0.563. The maximum Gasteiger partial charge on any atom is 0.0368 e. The first-order valence-electron chi connectivity index (χ1n) is 4.09. The van der Waals surface area contributed by atoms with Crippen LogP contribution in [0.5, 0.6) is 0 Å². The van der Waals surface area contributed by atoms with E-state index in [0.717, 1.165) is 11.5 Å². The first-order valence-corrected chi connectivity index (χ1v) is 4.47. The molecular formula is C10H15Cl. The van der Waals surface area contributed by atoms with Gasteiger partial charge in [-0.25, -0.2) is 0 Å². The monoisotopic (exact) mass is 170 g/mol. The predicted molar refractivity (Wildman–Crippen MR) is 50.6 cm³/mol. The molecule has 0 spiro atoms. The molecule has 0 aromatic heterocycles. The molecule has 0 bridgehead atoms. The smallest absolute Gasteiger partial charge is 0.0368 e. The molecule has 0 saturated carbocycles. The van der Waals surface area contributed by atoms with Crippen LogP contribution in [0.4, 0.5) is 0 Å². The van der Waals surface area contributed by atoms with E-state index < -0.39 is 0 Å². The van der Waals surface area contributed by atoms with Crippen molar-refractivity contribution in [2.75, 3.05) is 0 Å². The van der Waals surface area contributed by atoms with Crippen LogP contribution in [0, 0.1) is 11.3 Å². The molecule has 0 fully saturated rings. The molecule has 0 aromatic carbocycles. The Bertz CT molecular complexity index is 201. The van der Waals surface area contributed by atoms with Gasteiger partial charge in [0.15, 0.2) is 0 Å². The van der Waals surface area contributed by atoms with Crippen molar-refractivity contribution in [2.45, 2.75) is 27.2 Å². The molecule has 11 heavy (non-hydrogen) atoms. The van der Waals surface area contributed by atoms with Crippen molar-refractivity contribution in [3.05, 3.63) is 23.3 Å². The van der Waals surface area contributed by atoms with Crippen LogP contribution in [-0.2, 0) is 0 Å². The highest BCUT2D eigenvalue weighted by atomic mass is 35.5. The fourth-order valence-electron chi connectivity index (χ4n) is 1.25. The first kappa shape index (κ1) is 8.86. The van der Waals surface area contributed by atoms with E-state index in [1.165, 1.54) is 0 Å². The standard InChI is InChI=1S/C10H15Cl/c1-8(2)10(3)6-4-5-9(11)7-10/h4-5,7-8H,6H2,1-3H3. The molecule has 1 atom stereocenters. The van der Waals surface area contributed by atoms with E-state index in [2.05, 4.69) is 32.9 Å². The summed E-state index contributed by atoms with van der Waals surface area (Å²) in [5.74, 6) is 0.654. The second kappa shape index (κ2) is 3.02. The maximum absolute atomic E-state index is 5.92. The van der Waals surface area contributed by atoms with Crippen molar-refractivity contribution in [3.63, 3.8) is 0 Å². The van der Waals surface area contributed by atoms with E-state index in [-0.39, 0.29) is 5.41 Å². The third-order valence-electron chi connectivity index (χ3n) is 2.62. The average Bonchev–Trinajstić information content (AvgIpc) is 1.86. The van der Waals surface area contributed by atoms with Gasteiger partial charge in [-0.15, -0.1) is 0 Å². The van der Waals surface area contributed by atoms with Crippen molar-refractivity contribution >= 4 is 11.6 Å². The van der Waals surface area contributed by atoms with Gasteiger partial charge in [-0.05, 0) is 23.8 Å². The highest BCUT2D eigenvalue weighted by molar-refractivity contribution is 6.31. The van der Waals surface area contributed by atoms with Crippen LogP contribution in [0.1, 0.15) is 27.2 Å². The van der Waals surface area contributed by atoms with Crippen LogP contribution in [0.3, 0.4) is 0 Å². The average molecular weight is 171 g/mol. The van der Waals surface area contributed by atoms with Crippen molar-refractivity contribution in [2.24, 2.45) is 11.3 Å². The van der Waals surface area contributed by atoms with Gasteiger partial charge in [0.25, 0.3) is 0 Å². The number of hydrogen-bond acceptors (Lipinski definition) is 0. The Hall–Kier alpha value is -0.230.